The predicted octanol–water partition coefficient (Wildman–Crippen LogP) is 3.54. The topological polar surface area (TPSA) is 55.7 Å². The zero-order valence-electron chi connectivity index (χ0n) is 12.7. The molecule has 0 saturated heterocycles. The summed E-state index contributed by atoms with van der Waals surface area (Å²) in [5.74, 6) is 1.60. The number of H-pyrrole nitrogens is 1. The second-order valence-corrected chi connectivity index (χ2v) is 5.36. The number of nitrogens with one attached hydrogen (secondary N) is 1. The van der Waals surface area contributed by atoms with Crippen molar-refractivity contribution in [3.8, 4) is 17.1 Å². The molecule has 5 heteroatoms. The van der Waals surface area contributed by atoms with Crippen LogP contribution in [0.3, 0.4) is 0 Å². The van der Waals surface area contributed by atoms with Gasteiger partial charge in [-0.1, -0.05) is 42.5 Å². The molecule has 114 valence electrons. The molecule has 0 fully saturated rings. The van der Waals surface area contributed by atoms with E-state index in [4.69, 9.17) is 4.74 Å². The van der Waals surface area contributed by atoms with Crippen LogP contribution in [0.15, 0.2) is 60.8 Å². The summed E-state index contributed by atoms with van der Waals surface area (Å²) in [7, 11) is 1.88. The fraction of sp³-hybridized carbons (Fsp3) is 0.111. The van der Waals surface area contributed by atoms with E-state index in [-0.39, 0.29) is 0 Å². The lowest BCUT2D eigenvalue weighted by atomic mass is 10.2. The van der Waals surface area contributed by atoms with E-state index in [1.807, 2.05) is 49.5 Å². The molecule has 2 heterocycles. The van der Waals surface area contributed by atoms with E-state index in [2.05, 4.69) is 27.2 Å². The first-order chi connectivity index (χ1) is 11.3. The van der Waals surface area contributed by atoms with Crippen LogP contribution in [0.4, 0.5) is 0 Å². The zero-order chi connectivity index (χ0) is 15.6. The van der Waals surface area contributed by atoms with Crippen LogP contribution in [-0.4, -0.2) is 19.7 Å². The highest BCUT2D eigenvalue weighted by molar-refractivity contribution is 5.77. The first kappa shape index (κ1) is 13.6. The minimum absolute atomic E-state index is 0.527. The summed E-state index contributed by atoms with van der Waals surface area (Å²) < 4.78 is 7.75. The summed E-state index contributed by atoms with van der Waals surface area (Å²) in [5.41, 5.74) is 3.83. The van der Waals surface area contributed by atoms with Gasteiger partial charge in [0.2, 0.25) is 0 Å². The number of hydrogen-bond donors (Lipinski definition) is 1. The van der Waals surface area contributed by atoms with Crippen LogP contribution in [-0.2, 0) is 13.7 Å². The van der Waals surface area contributed by atoms with Crippen LogP contribution in [0.2, 0.25) is 0 Å². The van der Waals surface area contributed by atoms with E-state index < -0.39 is 0 Å². The highest BCUT2D eigenvalue weighted by Crippen LogP contribution is 2.29. The predicted molar refractivity (Wildman–Crippen MR) is 89.1 cm³/mol. The molecule has 0 unspecified atom stereocenters. The third kappa shape index (κ3) is 2.57. The first-order valence-corrected chi connectivity index (χ1v) is 7.45. The Morgan fingerprint density at radius 3 is 2.65 bits per heavy atom. The molecule has 23 heavy (non-hydrogen) atoms. The summed E-state index contributed by atoms with van der Waals surface area (Å²) in [4.78, 5) is 7.92. The van der Waals surface area contributed by atoms with E-state index >= 15 is 0 Å². The number of aromatic nitrogens is 4. The molecule has 0 spiro atoms. The maximum atomic E-state index is 6.00. The van der Waals surface area contributed by atoms with Crippen molar-refractivity contribution in [3.05, 3.63) is 66.4 Å². The van der Waals surface area contributed by atoms with Gasteiger partial charge >= 0.3 is 0 Å². The molecule has 2 aromatic heterocycles. The third-order valence-electron chi connectivity index (χ3n) is 3.76. The maximum absolute atomic E-state index is 6.00. The van der Waals surface area contributed by atoms with Crippen LogP contribution >= 0.6 is 0 Å². The van der Waals surface area contributed by atoms with E-state index in [1.165, 1.54) is 0 Å². The number of aryl methyl sites for hydroxylation is 1. The van der Waals surface area contributed by atoms with Gasteiger partial charge in [0, 0.05) is 7.05 Å². The van der Waals surface area contributed by atoms with E-state index in [9.17, 15) is 0 Å². The molecular weight excluding hydrogens is 288 g/mol. The Hall–Kier alpha value is -3.08. The number of para-hydroxylation sites is 1. The molecule has 0 bridgehead atoms. The summed E-state index contributed by atoms with van der Waals surface area (Å²) in [5, 5.41) is 4.18. The fourth-order valence-corrected chi connectivity index (χ4v) is 2.56. The Labute approximate surface area is 133 Å². The lowest BCUT2D eigenvalue weighted by Gasteiger charge is -2.10. The number of ether oxygens (including phenoxy) is 1. The van der Waals surface area contributed by atoms with Crippen LogP contribution in [0.1, 0.15) is 5.56 Å². The van der Waals surface area contributed by atoms with Gasteiger partial charge in [0.25, 0.3) is 0 Å². The highest BCUT2D eigenvalue weighted by atomic mass is 16.5. The lowest BCUT2D eigenvalue weighted by Crippen LogP contribution is -1.97. The second kappa shape index (κ2) is 5.61. The summed E-state index contributed by atoms with van der Waals surface area (Å²) >= 11 is 0. The summed E-state index contributed by atoms with van der Waals surface area (Å²) in [6, 6.07) is 18.0. The molecule has 0 aliphatic heterocycles. The standard InChI is InChI=1S/C18H16N4O/c1-22-18-15(11-19-22)20-17(21-18)14-9-5-6-10-16(14)23-12-13-7-3-2-4-8-13/h2-11H,12H2,1H3,(H,20,21). The number of hydrogen-bond acceptors (Lipinski definition) is 3. The molecule has 4 rings (SSSR count). The molecule has 0 atom stereocenters. The van der Waals surface area contributed by atoms with Gasteiger partial charge in [0.1, 0.15) is 23.7 Å². The monoisotopic (exact) mass is 304 g/mol. The number of fused-ring (bicyclic) bond motifs is 1. The summed E-state index contributed by atoms with van der Waals surface area (Å²) in [6.45, 7) is 0.527. The minimum Gasteiger partial charge on any atom is -0.488 e. The smallest absolute Gasteiger partial charge is 0.176 e. The number of rotatable bonds is 4. The van der Waals surface area contributed by atoms with Gasteiger partial charge in [-0.25, -0.2) is 9.67 Å². The molecule has 1 N–H and O–H groups in total. The molecule has 0 saturated carbocycles. The Balaban J connectivity index is 1.66. The van der Waals surface area contributed by atoms with Crippen molar-refractivity contribution in [2.45, 2.75) is 6.61 Å². The van der Waals surface area contributed by atoms with Crippen LogP contribution in [0.5, 0.6) is 5.75 Å². The van der Waals surface area contributed by atoms with Gasteiger partial charge in [-0.2, -0.15) is 5.10 Å². The van der Waals surface area contributed by atoms with Gasteiger partial charge in [-0.05, 0) is 17.7 Å². The Bertz CT molecular complexity index is 940. The summed E-state index contributed by atoms with van der Waals surface area (Å²) in [6.07, 6.45) is 1.78. The Morgan fingerprint density at radius 1 is 1.04 bits per heavy atom. The van der Waals surface area contributed by atoms with Crippen LogP contribution < -0.4 is 4.74 Å². The van der Waals surface area contributed by atoms with E-state index in [0.717, 1.165) is 33.9 Å². The molecule has 2 aromatic carbocycles. The number of nitrogens with zero attached hydrogens (tertiary/aromatic N) is 3. The molecular formula is C18H16N4O. The molecule has 0 amide bonds. The minimum atomic E-state index is 0.527. The number of imidazole rings is 1. The average Bonchev–Trinajstić information content (AvgIpc) is 3.17. The first-order valence-electron chi connectivity index (χ1n) is 7.45. The van der Waals surface area contributed by atoms with Crippen molar-refractivity contribution in [2.75, 3.05) is 0 Å². The van der Waals surface area contributed by atoms with Gasteiger partial charge in [-0.3, -0.25) is 0 Å². The van der Waals surface area contributed by atoms with Gasteiger partial charge in [-0.15, -0.1) is 0 Å². The van der Waals surface area contributed by atoms with Gasteiger partial charge < -0.3 is 9.72 Å². The lowest BCUT2D eigenvalue weighted by molar-refractivity contribution is 0.307. The average molecular weight is 304 g/mol. The van der Waals surface area contributed by atoms with Crippen LogP contribution in [0.25, 0.3) is 22.6 Å². The number of aromatic amines is 1. The Kier molecular flexibility index (Phi) is 3.31. The van der Waals surface area contributed by atoms with E-state index in [0.29, 0.717) is 6.61 Å². The second-order valence-electron chi connectivity index (χ2n) is 5.36. The van der Waals surface area contributed by atoms with Crippen molar-refractivity contribution in [1.82, 2.24) is 19.7 Å². The fourth-order valence-electron chi connectivity index (χ4n) is 2.56. The zero-order valence-corrected chi connectivity index (χ0v) is 12.7. The normalized spacial score (nSPS) is 11.0. The molecule has 4 aromatic rings. The van der Waals surface area contributed by atoms with Crippen LogP contribution in [0, 0.1) is 0 Å². The van der Waals surface area contributed by atoms with E-state index in [1.54, 1.807) is 10.9 Å². The Morgan fingerprint density at radius 2 is 1.83 bits per heavy atom. The maximum Gasteiger partial charge on any atom is 0.176 e. The quantitative estimate of drug-likeness (QED) is 0.627. The number of benzene rings is 2. The van der Waals surface area contributed by atoms with Crippen molar-refractivity contribution < 1.29 is 4.74 Å². The SMILES string of the molecule is Cn1ncc2[nH]c(-c3ccccc3OCc3ccccc3)nc21. The molecule has 0 aliphatic carbocycles. The van der Waals surface area contributed by atoms with Gasteiger partial charge in [0.15, 0.2) is 5.65 Å². The molecule has 0 aliphatic rings. The van der Waals surface area contributed by atoms with Crippen molar-refractivity contribution in [1.29, 1.82) is 0 Å². The van der Waals surface area contributed by atoms with Gasteiger partial charge in [0.05, 0.1) is 11.8 Å². The van der Waals surface area contributed by atoms with Crippen molar-refractivity contribution >= 4 is 11.2 Å². The van der Waals surface area contributed by atoms with Crippen molar-refractivity contribution in [3.63, 3.8) is 0 Å². The van der Waals surface area contributed by atoms with Crippen molar-refractivity contribution in [2.24, 2.45) is 7.05 Å². The highest BCUT2D eigenvalue weighted by Gasteiger charge is 2.12. The molecule has 5 nitrogen and oxygen atoms in total. The third-order valence-corrected chi connectivity index (χ3v) is 3.76. The molecule has 0 radical (unpaired) electrons. The largest absolute Gasteiger partial charge is 0.488 e.